The second kappa shape index (κ2) is 4.57. The summed E-state index contributed by atoms with van der Waals surface area (Å²) in [6.07, 6.45) is 0. The normalized spacial score (nSPS) is 23.2. The Hall–Kier alpha value is 0.0748. The van der Waals surface area contributed by atoms with Crippen molar-refractivity contribution in [2.45, 2.75) is 77.5 Å². The lowest BCUT2D eigenvalue weighted by atomic mass is 9.54. The summed E-state index contributed by atoms with van der Waals surface area (Å²) >= 11 is 0. The van der Waals surface area contributed by atoms with Crippen molar-refractivity contribution in [2.75, 3.05) is 0 Å². The highest BCUT2D eigenvalue weighted by Crippen LogP contribution is 2.39. The molecule has 0 saturated carbocycles. The zero-order valence-corrected chi connectivity index (χ0v) is 13.0. The Morgan fingerprint density at radius 3 is 1.72 bits per heavy atom. The van der Waals surface area contributed by atoms with Crippen LogP contribution in [0.4, 0.5) is 0 Å². The largest absolute Gasteiger partial charge is 0.439 e. The quantitative estimate of drug-likeness (QED) is 0.715. The smallest absolute Gasteiger partial charge is 0.438 e. The molecular weight excluding hydrogens is 225 g/mol. The summed E-state index contributed by atoms with van der Waals surface area (Å²) in [6, 6.07) is 0. The Labute approximate surface area is 114 Å². The van der Waals surface area contributed by atoms with Crippen LogP contribution in [0.15, 0.2) is 0 Å². The fraction of sp³-hybridized carbons (Fsp3) is 1.00. The first kappa shape index (κ1) is 16.1. The molecule has 0 atom stereocenters. The van der Waals surface area contributed by atoms with E-state index < -0.39 is 17.9 Å². The van der Waals surface area contributed by atoms with E-state index in [1.54, 1.807) is 7.37 Å². The van der Waals surface area contributed by atoms with E-state index in [4.69, 9.17) is 21.8 Å². The maximum absolute atomic E-state index is 6.08. The summed E-state index contributed by atoms with van der Waals surface area (Å²) in [5.41, 5.74) is -1.18. The molecule has 0 unspecified atom stereocenters. The molecule has 3 radical (unpaired) electrons. The average molecular weight is 249 g/mol. The Balaban J connectivity index is 2.58. The Kier molecular flexibility index (Phi) is 4.09. The lowest BCUT2D eigenvalue weighted by molar-refractivity contribution is 0.00578. The third kappa shape index (κ3) is 3.15. The summed E-state index contributed by atoms with van der Waals surface area (Å²) in [5, 5.41) is -0.451. The highest BCUT2D eigenvalue weighted by Gasteiger charge is 2.52. The molecule has 0 aromatic heterocycles. The molecule has 1 aliphatic heterocycles. The van der Waals surface area contributed by atoms with E-state index in [1.165, 1.54) is 0 Å². The molecule has 1 fully saturated rings. The monoisotopic (exact) mass is 249 g/mol. The minimum atomic E-state index is -0.489. The molecule has 0 aromatic rings. The van der Waals surface area contributed by atoms with Gasteiger partial charge in [0.2, 0.25) is 0 Å². The first-order valence-electron chi connectivity index (χ1n) is 6.44. The molecule has 18 heavy (non-hydrogen) atoms. The zero-order chi connectivity index (χ0) is 14.4. The zero-order valence-electron chi connectivity index (χ0n) is 13.0. The topological polar surface area (TPSA) is 27.7 Å². The van der Waals surface area contributed by atoms with Crippen molar-refractivity contribution in [3.05, 3.63) is 0 Å². The Morgan fingerprint density at radius 1 is 1.00 bits per heavy atom. The van der Waals surface area contributed by atoms with E-state index in [0.717, 1.165) is 0 Å². The summed E-state index contributed by atoms with van der Waals surface area (Å²) in [4.78, 5) is 0. The van der Waals surface area contributed by atoms with Crippen molar-refractivity contribution >= 4 is 22.2 Å². The van der Waals surface area contributed by atoms with E-state index in [0.29, 0.717) is 0 Å². The predicted molar refractivity (Wildman–Crippen MR) is 76.8 cm³/mol. The van der Waals surface area contributed by atoms with Gasteiger partial charge >= 0.3 is 14.4 Å². The summed E-state index contributed by atoms with van der Waals surface area (Å²) in [6.45, 7) is 15.8. The Morgan fingerprint density at radius 2 is 1.39 bits per heavy atom. The molecule has 99 valence electrons. The molecule has 0 aromatic carbocycles. The molecule has 1 rings (SSSR count). The molecule has 0 amide bonds. The van der Waals surface area contributed by atoms with Crippen LogP contribution in [-0.2, 0) is 14.0 Å². The molecule has 0 spiro atoms. The van der Waals surface area contributed by atoms with Crippen LogP contribution in [-0.4, -0.2) is 39.0 Å². The van der Waals surface area contributed by atoms with Crippen molar-refractivity contribution in [3.63, 3.8) is 0 Å². The van der Waals surface area contributed by atoms with Crippen LogP contribution >= 0.6 is 0 Å². The minimum absolute atomic E-state index is 0.347. The molecule has 3 nitrogen and oxygen atoms in total. The summed E-state index contributed by atoms with van der Waals surface area (Å²) < 4.78 is 17.4. The van der Waals surface area contributed by atoms with Crippen molar-refractivity contribution in [1.29, 1.82) is 0 Å². The van der Waals surface area contributed by atoms with Crippen LogP contribution in [0.5, 0.6) is 0 Å². The molecule has 6 heteroatoms. The van der Waals surface area contributed by atoms with Gasteiger partial charge in [-0.25, -0.2) is 0 Å². The van der Waals surface area contributed by atoms with Gasteiger partial charge in [-0.3, -0.25) is 0 Å². The highest BCUT2D eigenvalue weighted by atomic mass is 16.7. The van der Waals surface area contributed by atoms with Gasteiger partial charge in [0.1, 0.15) is 0 Å². The number of rotatable bonds is 4. The van der Waals surface area contributed by atoms with Gasteiger partial charge in [0.25, 0.3) is 0 Å². The minimum Gasteiger partial charge on any atom is -0.438 e. The van der Waals surface area contributed by atoms with Crippen LogP contribution < -0.4 is 0 Å². The molecule has 0 bridgehead atoms. The maximum Gasteiger partial charge on any atom is 0.439 e. The van der Waals surface area contributed by atoms with Crippen molar-refractivity contribution in [2.24, 2.45) is 0 Å². The lowest BCUT2D eigenvalue weighted by Gasteiger charge is -2.40. The van der Waals surface area contributed by atoms with Gasteiger partial charge in [-0.2, -0.15) is 0 Å². The molecule has 1 saturated heterocycles. The van der Waals surface area contributed by atoms with Gasteiger partial charge in [0.05, 0.1) is 19.0 Å². The van der Waals surface area contributed by atoms with Crippen LogP contribution in [0.1, 0.15) is 55.4 Å². The highest BCUT2D eigenvalue weighted by molar-refractivity contribution is 7.03. The van der Waals surface area contributed by atoms with E-state index in [2.05, 4.69) is 0 Å². The first-order chi connectivity index (χ1) is 7.79. The molecule has 0 aliphatic carbocycles. The molecule has 0 N–H and O–H groups in total. The van der Waals surface area contributed by atoms with E-state index in [1.807, 2.05) is 55.4 Å². The lowest BCUT2D eigenvalue weighted by Crippen LogP contribution is -2.42. The van der Waals surface area contributed by atoms with Crippen molar-refractivity contribution in [3.8, 4) is 0 Å². The average Bonchev–Trinajstić information content (AvgIpc) is 2.30. The Bertz CT molecular complexity index is 292. The van der Waals surface area contributed by atoms with Crippen molar-refractivity contribution in [1.82, 2.24) is 0 Å². The second-order valence-electron chi connectivity index (χ2n) is 7.11. The second-order valence-corrected chi connectivity index (χ2v) is 7.11. The van der Waals surface area contributed by atoms with Crippen LogP contribution in [0, 0.1) is 0 Å². The first-order valence-corrected chi connectivity index (χ1v) is 6.44. The fourth-order valence-electron chi connectivity index (χ4n) is 1.32. The van der Waals surface area contributed by atoms with Gasteiger partial charge < -0.3 is 14.0 Å². The summed E-state index contributed by atoms with van der Waals surface area (Å²) in [7, 11) is 7.22. The van der Waals surface area contributed by atoms with Gasteiger partial charge in [0, 0.05) is 5.60 Å². The number of hydrogen-bond donors (Lipinski definition) is 0. The van der Waals surface area contributed by atoms with Crippen LogP contribution in [0.25, 0.3) is 0 Å². The van der Waals surface area contributed by atoms with E-state index in [-0.39, 0.29) is 11.2 Å². The standard InChI is InChI=1S/C12H24B3O3/c1-9(2,13)10(3,4)16-14-15-17-11(5,6)12(7,8)18-15/h1-8H3. The third-order valence-corrected chi connectivity index (χ3v) is 4.30. The molecule has 1 heterocycles. The van der Waals surface area contributed by atoms with Gasteiger partial charge in [-0.15, -0.1) is 0 Å². The van der Waals surface area contributed by atoms with Gasteiger partial charge in [-0.05, 0) is 46.9 Å². The van der Waals surface area contributed by atoms with Crippen molar-refractivity contribution < 1.29 is 14.0 Å². The molecule has 1 aliphatic rings. The number of hydrogen-bond acceptors (Lipinski definition) is 3. The maximum atomic E-state index is 6.08. The fourth-order valence-corrected chi connectivity index (χ4v) is 1.32. The predicted octanol–water partition coefficient (Wildman–Crippen LogP) is 2.36. The van der Waals surface area contributed by atoms with E-state index in [9.17, 15) is 0 Å². The SMILES string of the molecule is [B]C(C)(C)C(C)(C)O[B]B1OC(C)(C)C(C)(C)O1. The van der Waals surface area contributed by atoms with Gasteiger partial charge in [-0.1, -0.05) is 13.8 Å². The third-order valence-electron chi connectivity index (χ3n) is 4.30. The van der Waals surface area contributed by atoms with Gasteiger partial charge in [0.15, 0.2) is 0 Å². The van der Waals surface area contributed by atoms with Crippen LogP contribution in [0.2, 0.25) is 5.31 Å². The van der Waals surface area contributed by atoms with E-state index >= 15 is 0 Å². The van der Waals surface area contributed by atoms with Crippen LogP contribution in [0.3, 0.4) is 0 Å². The molecular formula is C12H24B3O3. The summed E-state index contributed by atoms with van der Waals surface area (Å²) in [5.74, 6) is 0.